The van der Waals surface area contributed by atoms with Crippen LogP contribution >= 0.6 is 0 Å². The van der Waals surface area contributed by atoms with Gasteiger partial charge in [-0.1, -0.05) is 18.2 Å². The van der Waals surface area contributed by atoms with E-state index < -0.39 is 5.69 Å². The summed E-state index contributed by atoms with van der Waals surface area (Å²) in [5.41, 5.74) is 0.186. The molecule has 0 bridgehead atoms. The topological polar surface area (TPSA) is 77.1 Å². The van der Waals surface area contributed by atoms with E-state index in [9.17, 15) is 9.59 Å². The molecule has 0 spiro atoms. The number of benzene rings is 1. The fourth-order valence-electron chi connectivity index (χ4n) is 3.00. The Morgan fingerprint density at radius 2 is 1.87 bits per heavy atom. The Labute approximate surface area is 133 Å². The summed E-state index contributed by atoms with van der Waals surface area (Å²) in [7, 11) is 0. The molecule has 0 saturated heterocycles. The normalized spacial score (nSPS) is 17.4. The average molecular weight is 313 g/mol. The van der Waals surface area contributed by atoms with Gasteiger partial charge in [0.25, 0.3) is 5.89 Å². The maximum absolute atomic E-state index is 12.2. The Balaban J connectivity index is 1.45. The van der Waals surface area contributed by atoms with Crippen molar-refractivity contribution in [2.75, 3.05) is 0 Å². The van der Waals surface area contributed by atoms with Crippen molar-refractivity contribution < 1.29 is 9.32 Å². The van der Waals surface area contributed by atoms with Gasteiger partial charge in [-0.3, -0.25) is 4.79 Å². The smallest absolute Gasteiger partial charge is 0.354 e. The molecule has 2 aliphatic carbocycles. The Hall–Kier alpha value is -2.37. The third-order valence-electron chi connectivity index (χ3n) is 4.50. The van der Waals surface area contributed by atoms with Gasteiger partial charge in [0.05, 0.1) is 0 Å². The summed E-state index contributed by atoms with van der Waals surface area (Å²) in [5.74, 6) is 1.31. The van der Waals surface area contributed by atoms with Crippen LogP contribution in [0.25, 0.3) is 11.5 Å². The summed E-state index contributed by atoms with van der Waals surface area (Å²) in [5, 5.41) is 3.08. The summed E-state index contributed by atoms with van der Waals surface area (Å²) in [6.07, 6.45) is 4.79. The maximum atomic E-state index is 12.2. The highest BCUT2D eigenvalue weighted by Crippen LogP contribution is 2.44. The highest BCUT2D eigenvalue weighted by molar-refractivity contribution is 5.76. The molecular formula is C17H19N3O3. The Morgan fingerprint density at radius 3 is 2.48 bits per heavy atom. The Bertz CT molecular complexity index is 745. The molecule has 2 aromatic rings. The van der Waals surface area contributed by atoms with Crippen LogP contribution in [0.5, 0.6) is 0 Å². The maximum Gasteiger partial charge on any atom is 0.380 e. The first-order chi connectivity index (χ1) is 11.2. The lowest BCUT2D eigenvalue weighted by Gasteiger charge is -2.17. The molecule has 1 N–H and O–H groups in total. The van der Waals surface area contributed by atoms with Crippen LogP contribution in [0, 0.1) is 11.8 Å². The number of amides is 1. The van der Waals surface area contributed by atoms with E-state index in [1.807, 2.05) is 30.3 Å². The molecule has 120 valence electrons. The van der Waals surface area contributed by atoms with Crippen LogP contribution < -0.4 is 11.0 Å². The summed E-state index contributed by atoms with van der Waals surface area (Å²) < 4.78 is 6.46. The molecule has 6 heteroatoms. The van der Waals surface area contributed by atoms with Gasteiger partial charge in [-0.05, 0) is 49.7 Å². The largest absolute Gasteiger partial charge is 0.380 e. The number of carbonyl (C=O) groups excluding carboxylic acids is 1. The van der Waals surface area contributed by atoms with E-state index in [-0.39, 0.29) is 24.4 Å². The highest BCUT2D eigenvalue weighted by atomic mass is 16.5. The van der Waals surface area contributed by atoms with Gasteiger partial charge in [0, 0.05) is 11.6 Å². The quantitative estimate of drug-likeness (QED) is 0.882. The zero-order valence-electron chi connectivity index (χ0n) is 12.8. The van der Waals surface area contributed by atoms with Crippen molar-refractivity contribution in [3.8, 4) is 11.5 Å². The van der Waals surface area contributed by atoms with Crippen molar-refractivity contribution in [3.63, 3.8) is 0 Å². The molecule has 0 aliphatic heterocycles. The van der Waals surface area contributed by atoms with Crippen LogP contribution in [0.4, 0.5) is 0 Å². The molecule has 1 amide bonds. The van der Waals surface area contributed by atoms with Gasteiger partial charge in [-0.25, -0.2) is 4.79 Å². The third kappa shape index (κ3) is 3.21. The van der Waals surface area contributed by atoms with Crippen LogP contribution in [0.2, 0.25) is 0 Å². The first-order valence-electron chi connectivity index (χ1n) is 8.13. The molecular weight excluding hydrogens is 294 g/mol. The van der Waals surface area contributed by atoms with E-state index in [0.29, 0.717) is 11.8 Å². The third-order valence-corrected chi connectivity index (χ3v) is 4.50. The van der Waals surface area contributed by atoms with Crippen molar-refractivity contribution in [3.05, 3.63) is 40.8 Å². The van der Waals surface area contributed by atoms with Crippen LogP contribution in [0.1, 0.15) is 25.7 Å². The van der Waals surface area contributed by atoms with Gasteiger partial charge in [0.1, 0.15) is 6.54 Å². The lowest BCUT2D eigenvalue weighted by Crippen LogP contribution is -2.41. The van der Waals surface area contributed by atoms with Gasteiger partial charge in [-0.2, -0.15) is 4.98 Å². The number of carbonyl (C=O) groups is 1. The Kier molecular flexibility index (Phi) is 3.52. The predicted molar refractivity (Wildman–Crippen MR) is 83.6 cm³/mol. The van der Waals surface area contributed by atoms with Gasteiger partial charge < -0.3 is 9.84 Å². The number of nitrogens with one attached hydrogen (secondary N) is 1. The first kappa shape index (κ1) is 14.2. The van der Waals surface area contributed by atoms with E-state index in [1.165, 1.54) is 25.7 Å². The van der Waals surface area contributed by atoms with Crippen molar-refractivity contribution in [1.82, 2.24) is 15.0 Å². The lowest BCUT2D eigenvalue weighted by molar-refractivity contribution is -0.123. The van der Waals surface area contributed by atoms with Crippen LogP contribution in [-0.2, 0) is 11.3 Å². The number of aromatic nitrogens is 2. The molecule has 1 aromatic carbocycles. The molecule has 6 nitrogen and oxygen atoms in total. The molecule has 4 rings (SSSR count). The van der Waals surface area contributed by atoms with Crippen molar-refractivity contribution >= 4 is 5.91 Å². The minimum Gasteiger partial charge on any atom is -0.354 e. The number of rotatable bonds is 6. The van der Waals surface area contributed by atoms with Gasteiger partial charge in [-0.15, -0.1) is 4.74 Å². The zero-order chi connectivity index (χ0) is 15.8. The van der Waals surface area contributed by atoms with Crippen LogP contribution in [0.3, 0.4) is 0 Å². The number of nitrogens with zero attached hydrogens (tertiary/aromatic N) is 2. The average Bonchev–Trinajstić information content (AvgIpc) is 3.46. The lowest BCUT2D eigenvalue weighted by atomic mass is 10.1. The van der Waals surface area contributed by atoms with Crippen molar-refractivity contribution in [2.45, 2.75) is 38.3 Å². The molecule has 1 aromatic heterocycles. The van der Waals surface area contributed by atoms with Crippen molar-refractivity contribution in [1.29, 1.82) is 0 Å². The molecule has 0 atom stereocenters. The van der Waals surface area contributed by atoms with E-state index in [0.717, 1.165) is 10.3 Å². The van der Waals surface area contributed by atoms with Crippen molar-refractivity contribution in [2.24, 2.45) is 11.8 Å². The van der Waals surface area contributed by atoms with E-state index in [4.69, 9.17) is 4.52 Å². The fourth-order valence-corrected chi connectivity index (χ4v) is 3.00. The summed E-state index contributed by atoms with van der Waals surface area (Å²) in [6.45, 7) is -0.116. The molecule has 23 heavy (non-hydrogen) atoms. The number of hydrogen-bond acceptors (Lipinski definition) is 4. The second kappa shape index (κ2) is 5.68. The van der Waals surface area contributed by atoms with Gasteiger partial charge in [0.2, 0.25) is 5.91 Å². The summed E-state index contributed by atoms with van der Waals surface area (Å²) >= 11 is 0. The minimum absolute atomic E-state index is 0.116. The fraction of sp³-hybridized carbons (Fsp3) is 0.471. The summed E-state index contributed by atoms with van der Waals surface area (Å²) in [6, 6.07) is 9.46. The van der Waals surface area contributed by atoms with Crippen LogP contribution in [0.15, 0.2) is 39.6 Å². The molecule has 2 fully saturated rings. The first-order valence-corrected chi connectivity index (χ1v) is 8.13. The number of hydrogen-bond donors (Lipinski definition) is 1. The predicted octanol–water partition coefficient (Wildman–Crippen LogP) is 1.81. The van der Waals surface area contributed by atoms with E-state index >= 15 is 0 Å². The summed E-state index contributed by atoms with van der Waals surface area (Å²) in [4.78, 5) is 28.0. The van der Waals surface area contributed by atoms with Crippen LogP contribution in [-0.4, -0.2) is 21.7 Å². The standard InChI is InChI=1S/C17H19N3O3/c21-14(18-15(11-6-7-11)12-8-9-12)10-20-17(22)19-16(23-20)13-4-2-1-3-5-13/h1-5,11-12,15H,6-10H2,(H,18,21). The second-order valence-corrected chi connectivity index (χ2v) is 6.46. The Morgan fingerprint density at radius 1 is 1.22 bits per heavy atom. The van der Waals surface area contributed by atoms with Gasteiger partial charge in [0.15, 0.2) is 0 Å². The second-order valence-electron chi connectivity index (χ2n) is 6.46. The van der Waals surface area contributed by atoms with E-state index in [1.54, 1.807) is 0 Å². The molecule has 2 aliphatic rings. The zero-order valence-corrected chi connectivity index (χ0v) is 12.8. The monoisotopic (exact) mass is 313 g/mol. The molecule has 0 radical (unpaired) electrons. The minimum atomic E-state index is -0.534. The highest BCUT2D eigenvalue weighted by Gasteiger charge is 2.42. The molecule has 1 heterocycles. The molecule has 2 saturated carbocycles. The SMILES string of the molecule is O=C(Cn1oc(-c2ccccc2)nc1=O)NC(C1CC1)C1CC1. The van der Waals surface area contributed by atoms with E-state index in [2.05, 4.69) is 10.3 Å². The van der Waals surface area contributed by atoms with Gasteiger partial charge >= 0.3 is 5.69 Å². The molecule has 0 unspecified atom stereocenters.